The molecule has 0 amide bonds. The number of benzene rings is 2. The van der Waals surface area contributed by atoms with E-state index in [1.165, 1.54) is 16.7 Å². The Kier molecular flexibility index (Phi) is 4.86. The molecule has 1 nitrogen and oxygen atoms in total. The summed E-state index contributed by atoms with van der Waals surface area (Å²) in [5, 5.41) is 0. The molecule has 2 rings (SSSR count). The molecule has 0 fully saturated rings. The molecule has 2 aromatic carbocycles. The van der Waals surface area contributed by atoms with E-state index in [0.29, 0.717) is 11.8 Å². The Hall–Kier alpha value is -1.47. The second-order valence-corrected chi connectivity index (χ2v) is 5.13. The maximum Gasteiger partial charge on any atom is 0.119 e. The van der Waals surface area contributed by atoms with Crippen LogP contribution in [-0.4, -0.2) is 13.0 Å². The van der Waals surface area contributed by atoms with Gasteiger partial charge in [0.05, 0.1) is 7.11 Å². The van der Waals surface area contributed by atoms with Crippen LogP contribution in [0.3, 0.4) is 0 Å². The van der Waals surface area contributed by atoms with Crippen molar-refractivity contribution in [2.75, 3.05) is 13.0 Å². The summed E-state index contributed by atoms with van der Waals surface area (Å²) in [5.74, 6) is 1.87. The van der Waals surface area contributed by atoms with E-state index in [-0.39, 0.29) is 0 Å². The number of hydrogen-bond acceptors (Lipinski definition) is 1. The maximum atomic E-state index is 6.13. The summed E-state index contributed by atoms with van der Waals surface area (Å²) < 4.78 is 5.26. The van der Waals surface area contributed by atoms with Crippen molar-refractivity contribution in [1.82, 2.24) is 0 Å². The standard InChI is InChI=1S/C17H19ClO/c1-13-6-8-15(9-7-13)16(12-18)10-14-4-3-5-17(11-14)19-2/h3-9,11,16H,10,12H2,1-2H3. The lowest BCUT2D eigenvalue weighted by molar-refractivity contribution is 0.414. The van der Waals surface area contributed by atoms with E-state index in [1.54, 1.807) is 7.11 Å². The van der Waals surface area contributed by atoms with Gasteiger partial charge in [0.25, 0.3) is 0 Å². The Labute approximate surface area is 120 Å². The second-order valence-electron chi connectivity index (χ2n) is 4.82. The first-order valence-corrected chi connectivity index (χ1v) is 7.02. The van der Waals surface area contributed by atoms with E-state index < -0.39 is 0 Å². The van der Waals surface area contributed by atoms with Crippen LogP contribution >= 0.6 is 11.6 Å². The van der Waals surface area contributed by atoms with Gasteiger partial charge < -0.3 is 4.74 Å². The van der Waals surface area contributed by atoms with E-state index in [1.807, 2.05) is 12.1 Å². The van der Waals surface area contributed by atoms with Gasteiger partial charge in [-0.2, -0.15) is 0 Å². The van der Waals surface area contributed by atoms with Crippen LogP contribution in [-0.2, 0) is 6.42 Å². The van der Waals surface area contributed by atoms with E-state index in [2.05, 4.69) is 43.3 Å². The summed E-state index contributed by atoms with van der Waals surface area (Å²) in [5.41, 5.74) is 3.83. The van der Waals surface area contributed by atoms with Crippen molar-refractivity contribution in [3.8, 4) is 5.75 Å². The molecule has 0 aliphatic heterocycles. The molecule has 0 N–H and O–H groups in total. The van der Waals surface area contributed by atoms with Crippen molar-refractivity contribution in [3.63, 3.8) is 0 Å². The molecule has 0 aliphatic carbocycles. The molecule has 2 heteroatoms. The summed E-state index contributed by atoms with van der Waals surface area (Å²) >= 11 is 6.13. The fourth-order valence-electron chi connectivity index (χ4n) is 2.18. The molecule has 100 valence electrons. The molecule has 0 heterocycles. The molecule has 2 aromatic rings. The Morgan fingerprint density at radius 1 is 1.11 bits per heavy atom. The Morgan fingerprint density at radius 3 is 2.47 bits per heavy atom. The molecule has 1 unspecified atom stereocenters. The highest BCUT2D eigenvalue weighted by molar-refractivity contribution is 6.18. The van der Waals surface area contributed by atoms with E-state index in [9.17, 15) is 0 Å². The monoisotopic (exact) mass is 274 g/mol. The normalized spacial score (nSPS) is 12.2. The predicted molar refractivity (Wildman–Crippen MR) is 81.3 cm³/mol. The molecule has 19 heavy (non-hydrogen) atoms. The lowest BCUT2D eigenvalue weighted by atomic mass is 9.93. The van der Waals surface area contributed by atoms with E-state index in [0.717, 1.165) is 12.2 Å². The first kappa shape index (κ1) is 14.0. The smallest absolute Gasteiger partial charge is 0.119 e. The SMILES string of the molecule is COc1cccc(CC(CCl)c2ccc(C)cc2)c1. The zero-order chi connectivity index (χ0) is 13.7. The van der Waals surface area contributed by atoms with Crippen molar-refractivity contribution in [3.05, 3.63) is 65.2 Å². The summed E-state index contributed by atoms with van der Waals surface area (Å²) in [6.45, 7) is 2.10. The third kappa shape index (κ3) is 3.74. The summed E-state index contributed by atoms with van der Waals surface area (Å²) in [6, 6.07) is 16.8. The summed E-state index contributed by atoms with van der Waals surface area (Å²) in [4.78, 5) is 0. The molecule has 0 spiro atoms. The molecule has 0 saturated carbocycles. The van der Waals surface area contributed by atoms with Gasteiger partial charge in [-0.15, -0.1) is 11.6 Å². The van der Waals surface area contributed by atoms with Gasteiger partial charge in [0, 0.05) is 11.8 Å². The van der Waals surface area contributed by atoms with Gasteiger partial charge in [0.2, 0.25) is 0 Å². The van der Waals surface area contributed by atoms with Gasteiger partial charge >= 0.3 is 0 Å². The number of halogens is 1. The largest absolute Gasteiger partial charge is 0.497 e. The molecule has 0 bridgehead atoms. The minimum absolute atomic E-state index is 0.342. The topological polar surface area (TPSA) is 9.23 Å². The van der Waals surface area contributed by atoms with Crippen LogP contribution in [0.2, 0.25) is 0 Å². The van der Waals surface area contributed by atoms with Gasteiger partial charge in [-0.3, -0.25) is 0 Å². The summed E-state index contributed by atoms with van der Waals surface area (Å²) in [7, 11) is 1.69. The number of alkyl halides is 1. The summed E-state index contributed by atoms with van der Waals surface area (Å²) in [6.07, 6.45) is 0.934. The van der Waals surface area contributed by atoms with Crippen molar-refractivity contribution in [1.29, 1.82) is 0 Å². The molecule has 0 saturated heterocycles. The molecule has 1 atom stereocenters. The van der Waals surface area contributed by atoms with Gasteiger partial charge in [-0.25, -0.2) is 0 Å². The van der Waals surface area contributed by atoms with Crippen LogP contribution in [0.1, 0.15) is 22.6 Å². The van der Waals surface area contributed by atoms with Crippen LogP contribution in [0.5, 0.6) is 5.75 Å². The highest BCUT2D eigenvalue weighted by Gasteiger charge is 2.11. The van der Waals surface area contributed by atoms with Gasteiger partial charge in [-0.05, 0) is 36.6 Å². The molecule has 0 radical (unpaired) electrons. The van der Waals surface area contributed by atoms with Crippen LogP contribution in [0, 0.1) is 6.92 Å². The van der Waals surface area contributed by atoms with Crippen molar-refractivity contribution < 1.29 is 4.74 Å². The minimum Gasteiger partial charge on any atom is -0.497 e. The van der Waals surface area contributed by atoms with Gasteiger partial charge in [-0.1, -0.05) is 42.0 Å². The van der Waals surface area contributed by atoms with E-state index in [4.69, 9.17) is 16.3 Å². The highest BCUT2D eigenvalue weighted by Crippen LogP contribution is 2.24. The first-order valence-electron chi connectivity index (χ1n) is 6.48. The quantitative estimate of drug-likeness (QED) is 0.726. The molecule has 0 aromatic heterocycles. The van der Waals surface area contributed by atoms with Crippen LogP contribution < -0.4 is 4.74 Å². The number of aryl methyl sites for hydroxylation is 1. The third-order valence-electron chi connectivity index (χ3n) is 3.35. The molecular weight excluding hydrogens is 256 g/mol. The number of hydrogen-bond donors (Lipinski definition) is 0. The third-order valence-corrected chi connectivity index (χ3v) is 3.72. The predicted octanol–water partition coefficient (Wildman–Crippen LogP) is 4.57. The lowest BCUT2D eigenvalue weighted by Crippen LogP contribution is -2.05. The van der Waals surface area contributed by atoms with Crippen molar-refractivity contribution >= 4 is 11.6 Å². The van der Waals surface area contributed by atoms with Crippen LogP contribution in [0.4, 0.5) is 0 Å². The van der Waals surface area contributed by atoms with Gasteiger partial charge in [0.1, 0.15) is 5.75 Å². The molecular formula is C17H19ClO. The zero-order valence-electron chi connectivity index (χ0n) is 11.4. The average Bonchev–Trinajstić information content (AvgIpc) is 2.46. The fraction of sp³-hybridized carbons (Fsp3) is 0.294. The van der Waals surface area contributed by atoms with E-state index >= 15 is 0 Å². The highest BCUT2D eigenvalue weighted by atomic mass is 35.5. The zero-order valence-corrected chi connectivity index (χ0v) is 12.2. The first-order chi connectivity index (χ1) is 9.22. The second kappa shape index (κ2) is 6.63. The fourth-order valence-corrected chi connectivity index (χ4v) is 2.47. The number of ether oxygens (including phenoxy) is 1. The average molecular weight is 275 g/mol. The Morgan fingerprint density at radius 2 is 1.84 bits per heavy atom. The number of rotatable bonds is 5. The maximum absolute atomic E-state index is 6.13. The van der Waals surface area contributed by atoms with Gasteiger partial charge in [0.15, 0.2) is 0 Å². The molecule has 0 aliphatic rings. The Bertz CT molecular complexity index is 519. The van der Waals surface area contributed by atoms with Crippen LogP contribution in [0.25, 0.3) is 0 Å². The van der Waals surface area contributed by atoms with Crippen molar-refractivity contribution in [2.45, 2.75) is 19.3 Å². The number of methoxy groups -OCH3 is 1. The van der Waals surface area contributed by atoms with Crippen LogP contribution in [0.15, 0.2) is 48.5 Å². The Balaban J connectivity index is 2.16. The van der Waals surface area contributed by atoms with Crippen molar-refractivity contribution in [2.24, 2.45) is 0 Å². The minimum atomic E-state index is 0.342. The lowest BCUT2D eigenvalue weighted by Gasteiger charge is -2.15.